The summed E-state index contributed by atoms with van der Waals surface area (Å²) in [5, 5.41) is 0. The molecule has 0 radical (unpaired) electrons. The van der Waals surface area contributed by atoms with Crippen molar-refractivity contribution < 1.29 is 4.74 Å². The number of rotatable bonds is 5. The molecule has 2 nitrogen and oxygen atoms in total. The molecule has 15 heavy (non-hydrogen) atoms. The number of hydrogen-bond acceptors (Lipinski definition) is 2. The molecule has 82 valence electrons. The maximum atomic E-state index is 5.64. The van der Waals surface area contributed by atoms with Crippen LogP contribution in [0.25, 0.3) is 0 Å². The quantitative estimate of drug-likeness (QED) is 0.684. The van der Waals surface area contributed by atoms with E-state index in [1.165, 1.54) is 6.54 Å². The molecule has 0 bridgehead atoms. The maximum absolute atomic E-state index is 5.64. The largest absolute Gasteiger partial charge is 0.492 e. The molecule has 1 fully saturated rings. The normalized spacial score (nSPS) is 24.2. The van der Waals surface area contributed by atoms with E-state index >= 15 is 0 Å². The van der Waals surface area contributed by atoms with E-state index < -0.39 is 0 Å². The van der Waals surface area contributed by atoms with Gasteiger partial charge in [0.25, 0.3) is 0 Å². The number of benzene rings is 1. The molecule has 0 aliphatic carbocycles. The van der Waals surface area contributed by atoms with Crippen LogP contribution in [-0.2, 0) is 0 Å². The number of hydrogen-bond donors (Lipinski definition) is 0. The average molecular weight is 205 g/mol. The van der Waals surface area contributed by atoms with Crippen molar-refractivity contribution in [2.45, 2.75) is 19.9 Å². The van der Waals surface area contributed by atoms with Gasteiger partial charge in [-0.15, -0.1) is 0 Å². The van der Waals surface area contributed by atoms with Crippen molar-refractivity contribution in [3.8, 4) is 5.75 Å². The predicted octanol–water partition coefficient (Wildman–Crippen LogP) is 2.41. The van der Waals surface area contributed by atoms with Crippen LogP contribution in [0.3, 0.4) is 0 Å². The van der Waals surface area contributed by atoms with Crippen LogP contribution in [0, 0.1) is 5.92 Å². The lowest BCUT2D eigenvalue weighted by molar-refractivity contribution is 0.279. The number of ether oxygens (including phenoxy) is 1. The standard InChI is InChI=1S/C13H19NO/c1-11(2)13-10-14(13)8-9-15-12-6-4-3-5-7-12/h3-7,11,13H,8-10H2,1-2H3/t13-,14?/m1/s1. The zero-order valence-corrected chi connectivity index (χ0v) is 9.52. The summed E-state index contributed by atoms with van der Waals surface area (Å²) >= 11 is 0. The monoisotopic (exact) mass is 205 g/mol. The number of para-hydroxylation sites is 1. The lowest BCUT2D eigenvalue weighted by atomic mass is 10.1. The van der Waals surface area contributed by atoms with Crippen LogP contribution in [0.5, 0.6) is 5.75 Å². The summed E-state index contributed by atoms with van der Waals surface area (Å²) in [5.41, 5.74) is 0. The third-order valence-electron chi connectivity index (χ3n) is 2.92. The fourth-order valence-corrected chi connectivity index (χ4v) is 1.88. The lowest BCUT2D eigenvalue weighted by Crippen LogP contribution is -2.15. The minimum Gasteiger partial charge on any atom is -0.492 e. The SMILES string of the molecule is CC(C)[C@H]1CN1CCOc1ccccc1. The van der Waals surface area contributed by atoms with E-state index in [2.05, 4.69) is 18.7 Å². The highest BCUT2D eigenvalue weighted by Crippen LogP contribution is 2.24. The van der Waals surface area contributed by atoms with Gasteiger partial charge in [0.15, 0.2) is 0 Å². The molecule has 1 heterocycles. The molecule has 2 atom stereocenters. The van der Waals surface area contributed by atoms with Crippen molar-refractivity contribution >= 4 is 0 Å². The van der Waals surface area contributed by atoms with E-state index in [9.17, 15) is 0 Å². The van der Waals surface area contributed by atoms with Crippen molar-refractivity contribution in [3.63, 3.8) is 0 Å². The van der Waals surface area contributed by atoms with E-state index in [1.54, 1.807) is 0 Å². The van der Waals surface area contributed by atoms with Gasteiger partial charge in [0.05, 0.1) is 0 Å². The first-order valence-electron chi connectivity index (χ1n) is 5.69. The zero-order valence-electron chi connectivity index (χ0n) is 9.52. The van der Waals surface area contributed by atoms with Gasteiger partial charge in [-0.3, -0.25) is 4.90 Å². The Labute approximate surface area is 91.9 Å². The second-order valence-electron chi connectivity index (χ2n) is 4.47. The van der Waals surface area contributed by atoms with Crippen molar-refractivity contribution in [3.05, 3.63) is 30.3 Å². The molecule has 0 aromatic heterocycles. The van der Waals surface area contributed by atoms with Crippen LogP contribution >= 0.6 is 0 Å². The van der Waals surface area contributed by atoms with Crippen LogP contribution in [-0.4, -0.2) is 30.6 Å². The molecule has 2 rings (SSSR count). The highest BCUT2D eigenvalue weighted by atomic mass is 16.5. The molecule has 1 aromatic rings. The van der Waals surface area contributed by atoms with Crippen molar-refractivity contribution in [1.29, 1.82) is 0 Å². The fourth-order valence-electron chi connectivity index (χ4n) is 1.88. The Balaban J connectivity index is 1.65. The predicted molar refractivity (Wildman–Crippen MR) is 62.1 cm³/mol. The van der Waals surface area contributed by atoms with Gasteiger partial charge in [-0.25, -0.2) is 0 Å². The second-order valence-corrected chi connectivity index (χ2v) is 4.47. The van der Waals surface area contributed by atoms with Gasteiger partial charge in [-0.05, 0) is 18.1 Å². The molecule has 2 heteroatoms. The van der Waals surface area contributed by atoms with Crippen molar-refractivity contribution in [2.75, 3.05) is 19.7 Å². The zero-order chi connectivity index (χ0) is 10.7. The molecule has 1 aliphatic rings. The second kappa shape index (κ2) is 4.67. The lowest BCUT2D eigenvalue weighted by Gasteiger charge is -2.08. The Hall–Kier alpha value is -1.02. The summed E-state index contributed by atoms with van der Waals surface area (Å²) in [6.07, 6.45) is 0. The third-order valence-corrected chi connectivity index (χ3v) is 2.92. The van der Waals surface area contributed by atoms with Crippen LogP contribution in [0.2, 0.25) is 0 Å². The van der Waals surface area contributed by atoms with E-state index in [1.807, 2.05) is 30.3 Å². The van der Waals surface area contributed by atoms with E-state index in [0.29, 0.717) is 0 Å². The Morgan fingerprint density at radius 2 is 2.07 bits per heavy atom. The Morgan fingerprint density at radius 1 is 1.33 bits per heavy atom. The highest BCUT2D eigenvalue weighted by molar-refractivity contribution is 5.20. The fraction of sp³-hybridized carbons (Fsp3) is 0.538. The van der Waals surface area contributed by atoms with Crippen LogP contribution in [0.15, 0.2) is 30.3 Å². The van der Waals surface area contributed by atoms with Gasteiger partial charge < -0.3 is 4.74 Å². The van der Waals surface area contributed by atoms with Crippen LogP contribution in [0.4, 0.5) is 0 Å². The summed E-state index contributed by atoms with van der Waals surface area (Å²) in [4.78, 5) is 2.47. The minimum absolute atomic E-state index is 0.779. The summed E-state index contributed by atoms with van der Waals surface area (Å²) in [6, 6.07) is 10.8. The van der Waals surface area contributed by atoms with E-state index in [0.717, 1.165) is 30.9 Å². The number of nitrogens with zero attached hydrogens (tertiary/aromatic N) is 1. The molecule has 1 aromatic carbocycles. The molecule has 1 saturated heterocycles. The van der Waals surface area contributed by atoms with Gasteiger partial charge in [0.1, 0.15) is 12.4 Å². The average Bonchev–Trinajstić information content (AvgIpc) is 2.99. The van der Waals surface area contributed by atoms with E-state index in [-0.39, 0.29) is 0 Å². The highest BCUT2D eigenvalue weighted by Gasteiger charge is 2.35. The topological polar surface area (TPSA) is 12.2 Å². The summed E-state index contributed by atoms with van der Waals surface area (Å²) in [6.45, 7) is 7.66. The van der Waals surface area contributed by atoms with Gasteiger partial charge in [-0.1, -0.05) is 32.0 Å². The molecule has 0 amide bonds. The molecule has 1 unspecified atom stereocenters. The third kappa shape index (κ3) is 2.96. The van der Waals surface area contributed by atoms with Gasteiger partial charge >= 0.3 is 0 Å². The Bertz CT molecular complexity index is 297. The molecular weight excluding hydrogens is 186 g/mol. The molecular formula is C13H19NO. The summed E-state index contributed by atoms with van der Waals surface area (Å²) in [7, 11) is 0. The van der Waals surface area contributed by atoms with Crippen molar-refractivity contribution in [2.24, 2.45) is 5.92 Å². The smallest absolute Gasteiger partial charge is 0.119 e. The first kappa shape index (κ1) is 10.5. The Kier molecular flexibility index (Phi) is 3.27. The Morgan fingerprint density at radius 3 is 2.67 bits per heavy atom. The summed E-state index contributed by atoms with van der Waals surface area (Å²) in [5.74, 6) is 1.75. The molecule has 0 N–H and O–H groups in total. The first-order valence-corrected chi connectivity index (χ1v) is 5.69. The molecule has 1 aliphatic heterocycles. The van der Waals surface area contributed by atoms with Gasteiger partial charge in [-0.2, -0.15) is 0 Å². The van der Waals surface area contributed by atoms with Crippen LogP contribution < -0.4 is 4.74 Å². The molecule has 0 saturated carbocycles. The minimum atomic E-state index is 0.779. The maximum Gasteiger partial charge on any atom is 0.119 e. The first-order chi connectivity index (χ1) is 7.27. The molecule has 0 spiro atoms. The van der Waals surface area contributed by atoms with Gasteiger partial charge in [0, 0.05) is 19.1 Å². The van der Waals surface area contributed by atoms with Crippen LogP contribution in [0.1, 0.15) is 13.8 Å². The summed E-state index contributed by atoms with van der Waals surface area (Å²) < 4.78 is 5.64. The van der Waals surface area contributed by atoms with Gasteiger partial charge in [0.2, 0.25) is 0 Å². The van der Waals surface area contributed by atoms with Crippen molar-refractivity contribution in [1.82, 2.24) is 4.90 Å². The van der Waals surface area contributed by atoms with E-state index in [4.69, 9.17) is 4.74 Å².